The van der Waals surface area contributed by atoms with Crippen molar-refractivity contribution in [1.29, 1.82) is 0 Å². The molecular formula is C5H3F3O2. The molecular weight excluding hydrogens is 149 g/mol. The lowest BCUT2D eigenvalue weighted by molar-refractivity contribution is -0.129. The molecule has 1 aliphatic rings. The summed E-state index contributed by atoms with van der Waals surface area (Å²) in [6.07, 6.45) is -4.06. The van der Waals surface area contributed by atoms with Crippen molar-refractivity contribution in [2.24, 2.45) is 0 Å². The van der Waals surface area contributed by atoms with E-state index in [2.05, 4.69) is 4.74 Å². The number of carbonyl (C=O) groups excluding carboxylic acids is 1. The van der Waals surface area contributed by atoms with Crippen LogP contribution in [0.3, 0.4) is 0 Å². The number of ether oxygens (including phenoxy) is 1. The van der Waals surface area contributed by atoms with E-state index >= 15 is 0 Å². The fourth-order valence-corrected chi connectivity index (χ4v) is 0.542. The van der Waals surface area contributed by atoms with Gasteiger partial charge in [0.1, 0.15) is 0 Å². The van der Waals surface area contributed by atoms with Gasteiger partial charge < -0.3 is 4.74 Å². The highest BCUT2D eigenvalue weighted by molar-refractivity contribution is 5.93. The monoisotopic (exact) mass is 152 g/mol. The topological polar surface area (TPSA) is 26.3 Å². The molecule has 0 aromatic heterocycles. The van der Waals surface area contributed by atoms with Crippen LogP contribution in [0.5, 0.6) is 0 Å². The van der Waals surface area contributed by atoms with Gasteiger partial charge in [0.2, 0.25) is 5.76 Å². The van der Waals surface area contributed by atoms with Crippen molar-refractivity contribution in [3.63, 3.8) is 0 Å². The molecule has 56 valence electrons. The van der Waals surface area contributed by atoms with Gasteiger partial charge in [-0.2, -0.15) is 13.2 Å². The molecule has 1 heterocycles. The van der Waals surface area contributed by atoms with Crippen molar-refractivity contribution in [1.82, 2.24) is 0 Å². The summed E-state index contributed by atoms with van der Waals surface area (Å²) in [6.45, 7) is -0.491. The van der Waals surface area contributed by atoms with E-state index < -0.39 is 24.3 Å². The Balaban J connectivity index is 2.76. The molecule has 0 fully saturated rings. The lowest BCUT2D eigenvalue weighted by Crippen LogP contribution is -2.11. The highest BCUT2D eigenvalue weighted by atomic mass is 19.4. The summed E-state index contributed by atoms with van der Waals surface area (Å²) in [5, 5.41) is 0. The number of alkyl halides is 3. The van der Waals surface area contributed by atoms with E-state index in [1.807, 2.05) is 0 Å². The van der Waals surface area contributed by atoms with Crippen LogP contribution in [-0.2, 0) is 9.53 Å². The van der Waals surface area contributed by atoms with Crippen LogP contribution in [0.1, 0.15) is 0 Å². The Morgan fingerprint density at radius 3 is 2.30 bits per heavy atom. The lowest BCUT2D eigenvalue weighted by Gasteiger charge is -2.05. The Bertz CT molecular complexity index is 192. The van der Waals surface area contributed by atoms with Gasteiger partial charge in [0.05, 0.1) is 0 Å². The molecule has 1 rings (SSSR count). The number of rotatable bonds is 0. The maximum Gasteiger partial charge on any atom is 0.449 e. The second kappa shape index (κ2) is 2.00. The van der Waals surface area contributed by atoms with Crippen LogP contribution < -0.4 is 0 Å². The van der Waals surface area contributed by atoms with Crippen molar-refractivity contribution in [3.05, 3.63) is 11.8 Å². The smallest absolute Gasteiger partial charge is 0.449 e. The molecule has 0 saturated heterocycles. The maximum absolute atomic E-state index is 11.6. The van der Waals surface area contributed by atoms with E-state index in [1.54, 1.807) is 0 Å². The Morgan fingerprint density at radius 1 is 1.50 bits per heavy atom. The van der Waals surface area contributed by atoms with Gasteiger partial charge in [0.25, 0.3) is 0 Å². The van der Waals surface area contributed by atoms with Gasteiger partial charge in [-0.1, -0.05) is 0 Å². The van der Waals surface area contributed by atoms with Crippen LogP contribution in [0.2, 0.25) is 0 Å². The molecule has 0 aliphatic carbocycles. The van der Waals surface area contributed by atoms with E-state index in [9.17, 15) is 18.0 Å². The Hall–Kier alpha value is -1.00. The van der Waals surface area contributed by atoms with Crippen LogP contribution >= 0.6 is 0 Å². The predicted octanol–water partition coefficient (Wildman–Crippen LogP) is 1.03. The van der Waals surface area contributed by atoms with Crippen molar-refractivity contribution in [2.75, 3.05) is 6.61 Å². The zero-order valence-electron chi connectivity index (χ0n) is 4.73. The van der Waals surface area contributed by atoms with Crippen LogP contribution in [0.4, 0.5) is 13.2 Å². The summed E-state index contributed by atoms with van der Waals surface area (Å²) in [5.41, 5.74) is 0. The Kier molecular flexibility index (Phi) is 1.42. The van der Waals surface area contributed by atoms with Crippen LogP contribution in [-0.4, -0.2) is 18.6 Å². The molecule has 0 N–H and O–H groups in total. The molecule has 0 aromatic carbocycles. The largest absolute Gasteiger partial charge is 0.480 e. The minimum absolute atomic E-state index is 0.458. The van der Waals surface area contributed by atoms with Gasteiger partial charge in [0, 0.05) is 6.08 Å². The Labute approximate surface area is 54.3 Å². The van der Waals surface area contributed by atoms with E-state index in [4.69, 9.17) is 0 Å². The number of carbonyl (C=O) groups is 1. The lowest BCUT2D eigenvalue weighted by atomic mass is 10.4. The van der Waals surface area contributed by atoms with Gasteiger partial charge >= 0.3 is 6.18 Å². The molecule has 0 unspecified atom stereocenters. The maximum atomic E-state index is 11.6. The molecule has 0 aromatic rings. The number of hydrogen-bond donors (Lipinski definition) is 0. The summed E-state index contributed by atoms with van der Waals surface area (Å²) < 4.78 is 38.8. The third kappa shape index (κ3) is 1.29. The minimum Gasteiger partial charge on any atom is -0.480 e. The van der Waals surface area contributed by atoms with E-state index in [1.165, 1.54) is 0 Å². The molecule has 10 heavy (non-hydrogen) atoms. The summed E-state index contributed by atoms with van der Waals surface area (Å²) in [7, 11) is 0. The number of allylic oxidation sites excluding steroid dienone is 1. The van der Waals surface area contributed by atoms with Gasteiger partial charge in [-0.25, -0.2) is 0 Å². The zero-order chi connectivity index (χ0) is 7.78. The summed E-state index contributed by atoms with van der Waals surface area (Å²) in [6, 6.07) is 0. The molecule has 2 nitrogen and oxygen atoms in total. The summed E-state index contributed by atoms with van der Waals surface area (Å²) >= 11 is 0. The molecule has 0 spiro atoms. The molecule has 1 aliphatic heterocycles. The first kappa shape index (κ1) is 7.11. The zero-order valence-corrected chi connectivity index (χ0v) is 4.73. The van der Waals surface area contributed by atoms with Crippen LogP contribution in [0.25, 0.3) is 0 Å². The average molecular weight is 152 g/mol. The minimum atomic E-state index is -4.52. The first-order chi connectivity index (χ1) is 4.50. The highest BCUT2D eigenvalue weighted by Gasteiger charge is 2.39. The Morgan fingerprint density at radius 2 is 2.10 bits per heavy atom. The molecule has 0 atom stereocenters. The second-order valence-electron chi connectivity index (χ2n) is 1.76. The van der Waals surface area contributed by atoms with Crippen molar-refractivity contribution in [2.45, 2.75) is 6.18 Å². The molecule has 0 saturated carbocycles. The normalized spacial score (nSPS) is 18.7. The first-order valence-corrected chi connectivity index (χ1v) is 2.44. The second-order valence-corrected chi connectivity index (χ2v) is 1.76. The van der Waals surface area contributed by atoms with Gasteiger partial charge in [-0.15, -0.1) is 0 Å². The predicted molar refractivity (Wildman–Crippen MR) is 25.1 cm³/mol. The van der Waals surface area contributed by atoms with Crippen LogP contribution in [0, 0.1) is 0 Å². The van der Waals surface area contributed by atoms with Crippen molar-refractivity contribution < 1.29 is 22.7 Å². The van der Waals surface area contributed by atoms with Gasteiger partial charge in [-0.05, 0) is 0 Å². The van der Waals surface area contributed by atoms with Crippen molar-refractivity contribution in [3.8, 4) is 0 Å². The molecule has 0 bridgehead atoms. The van der Waals surface area contributed by atoms with Gasteiger partial charge in [-0.3, -0.25) is 4.79 Å². The third-order valence-corrected chi connectivity index (χ3v) is 0.941. The highest BCUT2D eigenvalue weighted by Crippen LogP contribution is 2.28. The van der Waals surface area contributed by atoms with Crippen LogP contribution in [0.15, 0.2) is 11.8 Å². The number of halogens is 3. The SMILES string of the molecule is O=C1C=C(C(F)(F)F)OC1. The number of ketones is 1. The molecule has 5 heteroatoms. The number of hydrogen-bond acceptors (Lipinski definition) is 2. The van der Waals surface area contributed by atoms with E-state index in [0.29, 0.717) is 6.08 Å². The fraction of sp³-hybridized carbons (Fsp3) is 0.400. The van der Waals surface area contributed by atoms with Crippen molar-refractivity contribution >= 4 is 5.78 Å². The molecule has 0 amide bonds. The third-order valence-electron chi connectivity index (χ3n) is 0.941. The summed E-state index contributed by atoms with van der Waals surface area (Å²) in [5.74, 6) is -1.84. The average Bonchev–Trinajstić information content (AvgIpc) is 2.11. The standard InChI is InChI=1S/C5H3F3O2/c6-5(7,8)4-1-3(9)2-10-4/h1H,2H2. The van der Waals surface area contributed by atoms with E-state index in [0.717, 1.165) is 0 Å². The van der Waals surface area contributed by atoms with Gasteiger partial charge in [0.15, 0.2) is 12.4 Å². The summed E-state index contributed by atoms with van der Waals surface area (Å²) in [4.78, 5) is 10.2. The first-order valence-electron chi connectivity index (χ1n) is 2.44. The quantitative estimate of drug-likeness (QED) is 0.518. The van der Waals surface area contributed by atoms with E-state index in [-0.39, 0.29) is 0 Å². The fourth-order valence-electron chi connectivity index (χ4n) is 0.542. The molecule has 0 radical (unpaired) electrons.